The molecule has 0 radical (unpaired) electrons. The zero-order valence-electron chi connectivity index (χ0n) is 16.4. The molecule has 0 rings (SSSR count). The zero-order chi connectivity index (χ0) is 26.0. The van der Waals surface area contributed by atoms with Crippen molar-refractivity contribution in [3.63, 3.8) is 0 Å². The van der Waals surface area contributed by atoms with E-state index in [2.05, 4.69) is 0 Å². The predicted octanol–water partition coefficient (Wildman–Crippen LogP) is 6.51. The molecule has 0 aliphatic heterocycles. The van der Waals surface area contributed by atoms with Crippen LogP contribution in [0.4, 0.5) is 57.1 Å². The minimum absolute atomic E-state index is 0.306. The van der Waals surface area contributed by atoms with Crippen LogP contribution in [0.3, 0.4) is 0 Å². The van der Waals surface area contributed by atoms with Gasteiger partial charge >= 0.3 is 44.6 Å². The molecule has 0 aliphatic rings. The van der Waals surface area contributed by atoms with E-state index in [4.69, 9.17) is 13.3 Å². The molecule has 0 saturated carbocycles. The third-order valence-electron chi connectivity index (χ3n) is 3.85. The Bertz CT molecular complexity index is 598. The first kappa shape index (κ1) is 31.9. The lowest BCUT2D eigenvalue weighted by Gasteiger charge is -2.41. The van der Waals surface area contributed by atoms with E-state index in [1.54, 1.807) is 0 Å². The van der Waals surface area contributed by atoms with Crippen molar-refractivity contribution in [2.75, 3.05) is 19.8 Å². The summed E-state index contributed by atoms with van der Waals surface area (Å²) in [6, 6.07) is 0. The molecule has 0 aromatic heterocycles. The monoisotopic (exact) mass is 636 g/mol. The molecular weight excluding hydrogens is 618 g/mol. The minimum Gasteiger partial charge on any atom is -0.373 e. The summed E-state index contributed by atoms with van der Waals surface area (Å²) in [6.45, 7) is 2.97. The summed E-state index contributed by atoms with van der Waals surface area (Å²) in [7, 11) is -4.35. The third-order valence-corrected chi connectivity index (χ3v) is 9.63. The van der Waals surface area contributed by atoms with Gasteiger partial charge in [-0.05, 0) is 20.8 Å². The van der Waals surface area contributed by atoms with Crippen LogP contribution in [0.15, 0.2) is 0 Å². The molecule has 0 heterocycles. The summed E-state index contributed by atoms with van der Waals surface area (Å²) in [5.41, 5.74) is 0. The maximum Gasteiger partial charge on any atom is 0.514 e. The smallest absolute Gasteiger partial charge is 0.373 e. The van der Waals surface area contributed by atoms with Crippen molar-refractivity contribution in [1.29, 1.82) is 0 Å². The van der Waals surface area contributed by atoms with Gasteiger partial charge in [0.05, 0.1) is 3.55 Å². The molecule has 0 amide bonds. The Morgan fingerprint density at radius 3 is 1.19 bits per heavy atom. The lowest BCUT2D eigenvalue weighted by Crippen LogP contribution is -2.70. The van der Waals surface area contributed by atoms with E-state index >= 15 is 0 Å². The quantitative estimate of drug-likeness (QED) is 0.100. The van der Waals surface area contributed by atoms with Gasteiger partial charge in [-0.1, -0.05) is 22.6 Å². The van der Waals surface area contributed by atoms with E-state index < -0.39 is 54.6 Å². The van der Waals surface area contributed by atoms with Crippen LogP contribution in [0.5, 0.6) is 0 Å². The Morgan fingerprint density at radius 1 is 0.594 bits per heavy atom. The van der Waals surface area contributed by atoms with E-state index in [0.29, 0.717) is 0 Å². The van der Waals surface area contributed by atoms with Gasteiger partial charge in [-0.2, -0.15) is 57.1 Å². The fourth-order valence-electron chi connectivity index (χ4n) is 2.28. The number of hydrogen-bond acceptors (Lipinski definition) is 3. The fourth-order valence-corrected chi connectivity index (χ4v) is 6.96. The maximum absolute atomic E-state index is 14.2. The molecule has 0 aliphatic carbocycles. The molecule has 1 atom stereocenters. The van der Waals surface area contributed by atoms with Crippen molar-refractivity contribution in [3.8, 4) is 0 Å². The number of hydrogen-bond donors (Lipinski definition) is 0. The highest BCUT2D eigenvalue weighted by Crippen LogP contribution is 2.61. The molecule has 0 fully saturated rings. The molecule has 0 saturated heterocycles. The summed E-state index contributed by atoms with van der Waals surface area (Å²) >= 11 is 0.983. The lowest BCUT2D eigenvalue weighted by molar-refractivity contribution is -0.440. The fraction of sp³-hybridized carbons (Fsp3) is 1.00. The Balaban J connectivity index is 6.33. The van der Waals surface area contributed by atoms with Crippen LogP contribution in [-0.4, -0.2) is 68.0 Å². The van der Waals surface area contributed by atoms with Gasteiger partial charge in [-0.3, -0.25) is 0 Å². The molecule has 3 nitrogen and oxygen atoms in total. The summed E-state index contributed by atoms with van der Waals surface area (Å²) in [4.78, 5) is 0. The molecule has 1 unspecified atom stereocenters. The van der Waals surface area contributed by atoms with Crippen molar-refractivity contribution in [3.05, 3.63) is 0 Å². The molecule has 0 aromatic rings. The van der Waals surface area contributed by atoms with Crippen LogP contribution in [0.1, 0.15) is 27.2 Å². The summed E-state index contributed by atoms with van der Waals surface area (Å²) in [5, 5.41) is 0. The number of halogens is 14. The van der Waals surface area contributed by atoms with Gasteiger partial charge in [0, 0.05) is 26.2 Å². The second-order valence-corrected chi connectivity index (χ2v) is 11.5. The van der Waals surface area contributed by atoms with Crippen molar-refractivity contribution >= 4 is 31.4 Å². The second-order valence-electron chi connectivity index (χ2n) is 6.07. The van der Waals surface area contributed by atoms with E-state index in [-0.39, 0.29) is 19.8 Å². The number of rotatable bonds is 13. The van der Waals surface area contributed by atoms with Crippen LogP contribution < -0.4 is 0 Å². The molecule has 0 N–H and O–H groups in total. The van der Waals surface area contributed by atoms with Crippen LogP contribution in [-0.2, 0) is 13.3 Å². The average Bonchev–Trinajstić information content (AvgIpc) is 2.60. The number of alkyl halides is 14. The Morgan fingerprint density at radius 2 is 0.906 bits per heavy atom. The Kier molecular flexibility index (Phi) is 10.2. The van der Waals surface area contributed by atoms with Gasteiger partial charge in [-0.15, -0.1) is 0 Å². The van der Waals surface area contributed by atoms with Crippen molar-refractivity contribution in [2.45, 2.75) is 66.5 Å². The van der Waals surface area contributed by atoms with Crippen LogP contribution in [0.2, 0.25) is 0 Å². The van der Waals surface area contributed by atoms with Gasteiger partial charge in [0.15, 0.2) is 0 Å². The largest absolute Gasteiger partial charge is 0.514 e. The maximum atomic E-state index is 14.2. The highest BCUT2D eigenvalue weighted by atomic mass is 127. The van der Waals surface area contributed by atoms with Crippen molar-refractivity contribution in [1.82, 2.24) is 0 Å². The van der Waals surface area contributed by atoms with Gasteiger partial charge in [0.1, 0.15) is 0 Å². The second kappa shape index (κ2) is 10.3. The molecule has 18 heteroatoms. The van der Waals surface area contributed by atoms with Crippen LogP contribution >= 0.6 is 22.6 Å². The van der Waals surface area contributed by atoms with E-state index in [1.165, 1.54) is 20.8 Å². The summed E-state index contributed by atoms with van der Waals surface area (Å²) < 4.78 is 186. The topological polar surface area (TPSA) is 27.7 Å². The van der Waals surface area contributed by atoms with E-state index in [9.17, 15) is 57.1 Å². The zero-order valence-corrected chi connectivity index (χ0v) is 19.6. The highest BCUT2D eigenvalue weighted by molar-refractivity contribution is 14.1. The molecule has 0 spiro atoms. The van der Waals surface area contributed by atoms with Crippen LogP contribution in [0, 0.1) is 0 Å². The van der Waals surface area contributed by atoms with Crippen molar-refractivity contribution in [2.24, 2.45) is 0 Å². The standard InChI is InChI=1S/C14H18F13IO3Si/c1-4-29-32(30-5-2,31-6-3)8(28)7-9(15,16)10(17,18)11(19,20)12(21,22)13(23,24)14(25,26)27/h8H,4-7H2,1-3H3. The third kappa shape index (κ3) is 5.42. The summed E-state index contributed by atoms with van der Waals surface area (Å²) in [5.74, 6) is -37.1. The Labute approximate surface area is 188 Å². The molecule has 0 bridgehead atoms. The highest BCUT2D eigenvalue weighted by Gasteiger charge is 2.90. The van der Waals surface area contributed by atoms with E-state index in [0.717, 1.165) is 22.6 Å². The molecule has 32 heavy (non-hydrogen) atoms. The first-order valence-electron chi connectivity index (χ1n) is 8.58. The van der Waals surface area contributed by atoms with Gasteiger partial charge in [-0.25, -0.2) is 0 Å². The van der Waals surface area contributed by atoms with Gasteiger partial charge < -0.3 is 13.3 Å². The van der Waals surface area contributed by atoms with Gasteiger partial charge in [0.25, 0.3) is 0 Å². The average molecular weight is 636 g/mol. The molecule has 194 valence electrons. The lowest BCUT2D eigenvalue weighted by atomic mass is 9.93. The normalized spacial score (nSPS) is 16.4. The Hall–Kier alpha value is -0.0831. The predicted molar refractivity (Wildman–Crippen MR) is 93.8 cm³/mol. The molecular formula is C14H18F13IO3Si. The first-order chi connectivity index (χ1) is 14.1. The molecule has 0 aromatic carbocycles. The summed E-state index contributed by atoms with van der Waals surface area (Å²) in [6.07, 6.45) is -9.88. The van der Waals surface area contributed by atoms with Gasteiger partial charge in [0.2, 0.25) is 0 Å². The minimum atomic E-state index is -7.93. The SMILES string of the molecule is CCO[Si](OCC)(OCC)C(I)CC(F)(F)C(F)(F)C(F)(F)C(F)(F)C(F)(F)C(F)(F)F. The van der Waals surface area contributed by atoms with Crippen molar-refractivity contribution < 1.29 is 70.4 Å². The van der Waals surface area contributed by atoms with E-state index in [1.807, 2.05) is 0 Å². The first-order valence-corrected chi connectivity index (χ1v) is 11.6. The van der Waals surface area contributed by atoms with Crippen LogP contribution in [0.25, 0.3) is 0 Å².